The summed E-state index contributed by atoms with van der Waals surface area (Å²) >= 11 is 0. The number of nitrogens with zero attached hydrogens (tertiary/aromatic N) is 1. The van der Waals surface area contributed by atoms with E-state index in [1.807, 2.05) is 20.8 Å². The van der Waals surface area contributed by atoms with Gasteiger partial charge in [-0.3, -0.25) is 4.79 Å². The van der Waals surface area contributed by atoms with Crippen molar-refractivity contribution in [3.63, 3.8) is 0 Å². The average molecular weight is 338 g/mol. The average Bonchev–Trinajstić information content (AvgIpc) is 2.46. The molecule has 0 unspecified atom stereocenters. The van der Waals surface area contributed by atoms with Crippen LogP contribution in [0.5, 0.6) is 0 Å². The van der Waals surface area contributed by atoms with E-state index in [1.165, 1.54) is 6.92 Å². The molecule has 1 amide bonds. The fraction of sp³-hybridized carbons (Fsp3) is 0.778. The fourth-order valence-corrected chi connectivity index (χ4v) is 2.85. The molecule has 1 rings (SSSR count). The highest BCUT2D eigenvalue weighted by Crippen LogP contribution is 2.29. The van der Waals surface area contributed by atoms with Crippen molar-refractivity contribution in [3.05, 3.63) is 11.8 Å². The van der Waals surface area contributed by atoms with E-state index in [-0.39, 0.29) is 24.2 Å². The first-order chi connectivity index (χ1) is 11.2. The van der Waals surface area contributed by atoms with E-state index in [4.69, 9.17) is 9.47 Å². The summed E-state index contributed by atoms with van der Waals surface area (Å²) in [7, 11) is 0. The van der Waals surface area contributed by atoms with Crippen LogP contribution in [-0.2, 0) is 19.1 Å². The van der Waals surface area contributed by atoms with Crippen LogP contribution >= 0.6 is 0 Å². The molecule has 1 aliphatic carbocycles. The van der Waals surface area contributed by atoms with E-state index < -0.39 is 11.7 Å². The molecular formula is C18H30N2O4. The maximum Gasteiger partial charge on any atom is 0.240 e. The smallest absolute Gasteiger partial charge is 0.240 e. The number of nitrogens with one attached hydrogen (secondary N) is 1. The van der Waals surface area contributed by atoms with E-state index >= 15 is 0 Å². The highest BCUT2D eigenvalue weighted by atomic mass is 16.5. The lowest BCUT2D eigenvalue weighted by molar-refractivity contribution is -0.132. The molecule has 0 bridgehead atoms. The number of ether oxygens (including phenoxy) is 2. The third-order valence-corrected chi connectivity index (χ3v) is 3.85. The summed E-state index contributed by atoms with van der Waals surface area (Å²) < 4.78 is 12.3. The molecule has 136 valence electrons. The first-order valence-electron chi connectivity index (χ1n) is 8.59. The van der Waals surface area contributed by atoms with Crippen molar-refractivity contribution in [2.45, 2.75) is 90.8 Å². The van der Waals surface area contributed by atoms with Crippen LogP contribution in [0.25, 0.3) is 0 Å². The number of rotatable bonds is 7. The Balaban J connectivity index is 3.15. The van der Waals surface area contributed by atoms with Gasteiger partial charge in [-0.25, -0.2) is 4.79 Å². The van der Waals surface area contributed by atoms with Gasteiger partial charge >= 0.3 is 0 Å². The highest BCUT2D eigenvalue weighted by Gasteiger charge is 2.38. The quantitative estimate of drug-likeness (QED) is 0.572. The zero-order chi connectivity index (χ0) is 18.3. The van der Waals surface area contributed by atoms with Gasteiger partial charge in [0, 0.05) is 13.3 Å². The van der Waals surface area contributed by atoms with Crippen LogP contribution in [0.15, 0.2) is 16.8 Å². The molecule has 0 aliphatic heterocycles. The third kappa shape index (κ3) is 6.56. The van der Waals surface area contributed by atoms with Crippen molar-refractivity contribution in [2.24, 2.45) is 4.99 Å². The molecular weight excluding hydrogens is 308 g/mol. The van der Waals surface area contributed by atoms with E-state index in [2.05, 4.69) is 24.2 Å². The first-order valence-corrected chi connectivity index (χ1v) is 8.59. The summed E-state index contributed by atoms with van der Waals surface area (Å²) in [6, 6.07) is -0.326. The number of aliphatic imine (C=N–C) groups is 1. The van der Waals surface area contributed by atoms with E-state index in [9.17, 15) is 9.59 Å². The number of amides is 1. The number of isocyanates is 1. The topological polar surface area (TPSA) is 77.0 Å². The van der Waals surface area contributed by atoms with E-state index in [0.717, 1.165) is 12.8 Å². The monoisotopic (exact) mass is 338 g/mol. The predicted octanol–water partition coefficient (Wildman–Crippen LogP) is 2.87. The highest BCUT2D eigenvalue weighted by molar-refractivity contribution is 5.73. The molecule has 0 aromatic heterocycles. The second-order valence-corrected chi connectivity index (χ2v) is 7.10. The van der Waals surface area contributed by atoms with Crippen molar-refractivity contribution >= 4 is 12.0 Å². The minimum absolute atomic E-state index is 0.0670. The van der Waals surface area contributed by atoms with Gasteiger partial charge in [-0.15, -0.1) is 0 Å². The minimum Gasteiger partial charge on any atom is -0.370 e. The minimum atomic E-state index is -0.396. The molecule has 1 aliphatic rings. The Morgan fingerprint density at radius 2 is 2.04 bits per heavy atom. The van der Waals surface area contributed by atoms with Crippen molar-refractivity contribution < 1.29 is 19.1 Å². The lowest BCUT2D eigenvalue weighted by Gasteiger charge is -2.40. The molecule has 0 heterocycles. The summed E-state index contributed by atoms with van der Waals surface area (Å²) in [5.41, 5.74) is 0.186. The number of carbonyl (C=O) groups is 1. The Labute approximate surface area is 144 Å². The molecule has 1 N–H and O–H groups in total. The Hall–Kier alpha value is -1.49. The lowest BCUT2D eigenvalue weighted by Crippen LogP contribution is -2.55. The molecule has 24 heavy (non-hydrogen) atoms. The Morgan fingerprint density at radius 1 is 1.42 bits per heavy atom. The standard InChI is InChI=1S/C18H30N2O4/c1-7-14(8-2)23-15-9-13(19-11-21)10-16(24-18(4,5)6)17(15)20-12(3)22/h9,14-17H,7-8,10H2,1-6H3,(H,20,22)/t15-,16+,17+/m1/s1. The van der Waals surface area contributed by atoms with Crippen molar-refractivity contribution in [1.29, 1.82) is 0 Å². The van der Waals surface area contributed by atoms with Gasteiger partial charge in [-0.2, -0.15) is 4.99 Å². The zero-order valence-corrected chi connectivity index (χ0v) is 15.6. The second kappa shape index (κ2) is 9.11. The molecule has 0 aromatic rings. The molecule has 0 saturated carbocycles. The zero-order valence-electron chi connectivity index (χ0n) is 15.6. The van der Waals surface area contributed by atoms with Crippen LogP contribution in [0, 0.1) is 0 Å². The lowest BCUT2D eigenvalue weighted by atomic mass is 9.92. The predicted molar refractivity (Wildman–Crippen MR) is 92.3 cm³/mol. The van der Waals surface area contributed by atoms with Crippen LogP contribution in [-0.4, -0.2) is 41.9 Å². The molecule has 3 atom stereocenters. The molecule has 6 nitrogen and oxygen atoms in total. The van der Waals surface area contributed by atoms with Gasteiger partial charge in [0.05, 0.1) is 29.5 Å². The number of hydrogen-bond acceptors (Lipinski definition) is 5. The third-order valence-electron chi connectivity index (χ3n) is 3.85. The molecule has 0 fully saturated rings. The summed E-state index contributed by atoms with van der Waals surface area (Å²) in [5, 5.41) is 2.95. The van der Waals surface area contributed by atoms with Crippen LogP contribution in [0.3, 0.4) is 0 Å². The van der Waals surface area contributed by atoms with Gasteiger partial charge in [-0.05, 0) is 39.7 Å². The van der Waals surface area contributed by atoms with Gasteiger partial charge in [-0.1, -0.05) is 13.8 Å². The summed E-state index contributed by atoms with van der Waals surface area (Å²) in [5.74, 6) is -0.142. The first kappa shape index (κ1) is 20.6. The molecule has 6 heteroatoms. The van der Waals surface area contributed by atoms with Gasteiger partial charge in [0.1, 0.15) is 6.10 Å². The van der Waals surface area contributed by atoms with E-state index in [0.29, 0.717) is 12.1 Å². The summed E-state index contributed by atoms with van der Waals surface area (Å²) in [4.78, 5) is 26.1. The fourth-order valence-electron chi connectivity index (χ4n) is 2.85. The van der Waals surface area contributed by atoms with Crippen molar-refractivity contribution in [2.75, 3.05) is 0 Å². The van der Waals surface area contributed by atoms with Gasteiger partial charge in [0.2, 0.25) is 12.0 Å². The summed E-state index contributed by atoms with van der Waals surface area (Å²) in [6.45, 7) is 11.5. The Bertz CT molecular complexity index is 500. The van der Waals surface area contributed by atoms with Crippen LogP contribution in [0.2, 0.25) is 0 Å². The van der Waals surface area contributed by atoms with Crippen LogP contribution in [0.1, 0.15) is 60.8 Å². The van der Waals surface area contributed by atoms with Gasteiger partial charge in [0.15, 0.2) is 0 Å². The summed E-state index contributed by atoms with van der Waals surface area (Å²) in [6.07, 6.45) is 4.89. The van der Waals surface area contributed by atoms with Gasteiger partial charge < -0.3 is 14.8 Å². The molecule has 0 spiro atoms. The largest absolute Gasteiger partial charge is 0.370 e. The van der Waals surface area contributed by atoms with Gasteiger partial charge in [0.25, 0.3) is 0 Å². The van der Waals surface area contributed by atoms with Crippen LogP contribution in [0.4, 0.5) is 0 Å². The maximum atomic E-state index is 11.7. The Morgan fingerprint density at radius 3 is 2.50 bits per heavy atom. The number of carbonyl (C=O) groups excluding carboxylic acids is 2. The van der Waals surface area contributed by atoms with Crippen molar-refractivity contribution in [1.82, 2.24) is 5.32 Å². The molecule has 0 aromatic carbocycles. The van der Waals surface area contributed by atoms with E-state index in [1.54, 1.807) is 12.2 Å². The molecule has 0 saturated heterocycles. The number of hydrogen-bond donors (Lipinski definition) is 1. The van der Waals surface area contributed by atoms with Crippen LogP contribution < -0.4 is 5.32 Å². The maximum absolute atomic E-state index is 11.7. The van der Waals surface area contributed by atoms with Crippen molar-refractivity contribution in [3.8, 4) is 0 Å². The molecule has 0 radical (unpaired) electrons. The Kier molecular flexibility index (Phi) is 7.80. The second-order valence-electron chi connectivity index (χ2n) is 7.10. The SMILES string of the molecule is CCC(CC)O[C@@H]1C=C(N=C=O)C[C@H](OC(C)(C)C)[C@H]1NC(C)=O. The normalized spacial score (nSPS) is 24.3.